The average molecular weight is 397 g/mol. The van der Waals surface area contributed by atoms with Crippen LogP contribution in [0.4, 0.5) is 17.3 Å². The van der Waals surface area contributed by atoms with E-state index in [0.717, 1.165) is 15.7 Å². The van der Waals surface area contributed by atoms with E-state index in [-0.39, 0.29) is 12.3 Å². The van der Waals surface area contributed by atoms with Gasteiger partial charge in [-0.1, -0.05) is 45.8 Å². The quantitative estimate of drug-likeness (QED) is 0.667. The Balaban J connectivity index is 1.58. The van der Waals surface area contributed by atoms with E-state index in [9.17, 15) is 4.79 Å². The SMILES string of the molecule is Cc1ccc(Nc2ccc(NC(=O)Cc3cccc(Br)c3)nn2)cc1. The molecule has 0 unspecified atom stereocenters. The number of carbonyl (C=O) groups excluding carboxylic acids is 1. The van der Waals surface area contributed by atoms with E-state index in [0.29, 0.717) is 11.6 Å². The number of aryl methyl sites for hydroxylation is 1. The van der Waals surface area contributed by atoms with Crippen LogP contribution in [0.1, 0.15) is 11.1 Å². The van der Waals surface area contributed by atoms with Crippen LogP contribution in [0, 0.1) is 6.92 Å². The summed E-state index contributed by atoms with van der Waals surface area (Å²) in [6, 6.07) is 19.1. The van der Waals surface area contributed by atoms with Gasteiger partial charge in [0, 0.05) is 10.2 Å². The molecule has 0 atom stereocenters. The van der Waals surface area contributed by atoms with Crippen LogP contribution in [0.2, 0.25) is 0 Å². The summed E-state index contributed by atoms with van der Waals surface area (Å²) >= 11 is 3.40. The van der Waals surface area contributed by atoms with E-state index in [1.807, 2.05) is 55.5 Å². The van der Waals surface area contributed by atoms with E-state index in [2.05, 4.69) is 36.8 Å². The Bertz CT molecular complexity index is 863. The van der Waals surface area contributed by atoms with Crippen molar-refractivity contribution in [3.8, 4) is 0 Å². The third kappa shape index (κ3) is 5.12. The first kappa shape index (κ1) is 17.1. The van der Waals surface area contributed by atoms with Crippen molar-refractivity contribution < 1.29 is 4.79 Å². The van der Waals surface area contributed by atoms with Crippen molar-refractivity contribution in [3.63, 3.8) is 0 Å². The molecule has 0 spiro atoms. The second-order valence-electron chi connectivity index (χ2n) is 5.65. The number of hydrogen-bond acceptors (Lipinski definition) is 4. The minimum absolute atomic E-state index is 0.133. The molecule has 0 saturated heterocycles. The van der Waals surface area contributed by atoms with Crippen LogP contribution in [0.15, 0.2) is 65.1 Å². The molecule has 6 heteroatoms. The second kappa shape index (κ2) is 7.90. The molecule has 0 saturated carbocycles. The number of nitrogens with zero attached hydrogens (tertiary/aromatic N) is 2. The molecule has 25 heavy (non-hydrogen) atoms. The van der Waals surface area contributed by atoms with Crippen LogP contribution >= 0.6 is 15.9 Å². The van der Waals surface area contributed by atoms with Gasteiger partial charge in [0.1, 0.15) is 0 Å². The molecular weight excluding hydrogens is 380 g/mol. The number of nitrogens with one attached hydrogen (secondary N) is 2. The molecule has 0 radical (unpaired) electrons. The molecule has 3 rings (SSSR count). The highest BCUT2D eigenvalue weighted by Gasteiger charge is 2.06. The van der Waals surface area contributed by atoms with Gasteiger partial charge in [-0.2, -0.15) is 0 Å². The number of anilines is 3. The number of aromatic nitrogens is 2. The van der Waals surface area contributed by atoms with Gasteiger partial charge in [-0.15, -0.1) is 10.2 Å². The predicted molar refractivity (Wildman–Crippen MR) is 103 cm³/mol. The molecule has 2 N–H and O–H groups in total. The Morgan fingerprint density at radius 2 is 1.72 bits per heavy atom. The maximum Gasteiger partial charge on any atom is 0.229 e. The molecule has 0 aliphatic rings. The lowest BCUT2D eigenvalue weighted by Gasteiger charge is -2.07. The highest BCUT2D eigenvalue weighted by Crippen LogP contribution is 2.16. The summed E-state index contributed by atoms with van der Waals surface area (Å²) in [4.78, 5) is 12.1. The maximum absolute atomic E-state index is 12.1. The highest BCUT2D eigenvalue weighted by molar-refractivity contribution is 9.10. The van der Waals surface area contributed by atoms with Crippen molar-refractivity contribution in [3.05, 3.63) is 76.3 Å². The molecule has 0 fully saturated rings. The van der Waals surface area contributed by atoms with Crippen LogP contribution < -0.4 is 10.6 Å². The Labute approximate surface area is 154 Å². The van der Waals surface area contributed by atoms with Crippen LogP contribution in [-0.2, 0) is 11.2 Å². The number of rotatable bonds is 5. The molecule has 1 aromatic heterocycles. The van der Waals surface area contributed by atoms with Crippen molar-refractivity contribution in [2.75, 3.05) is 10.6 Å². The van der Waals surface area contributed by atoms with Crippen molar-refractivity contribution in [1.82, 2.24) is 10.2 Å². The first-order valence-corrected chi connectivity index (χ1v) is 8.59. The Morgan fingerprint density at radius 3 is 2.40 bits per heavy atom. The summed E-state index contributed by atoms with van der Waals surface area (Å²) in [6.45, 7) is 2.04. The Hall–Kier alpha value is -2.73. The zero-order valence-corrected chi connectivity index (χ0v) is 15.2. The summed E-state index contributed by atoms with van der Waals surface area (Å²) < 4.78 is 0.948. The molecular formula is C19H17BrN4O. The van der Waals surface area contributed by atoms with Gasteiger partial charge in [0.05, 0.1) is 6.42 Å². The van der Waals surface area contributed by atoms with E-state index in [4.69, 9.17) is 0 Å². The van der Waals surface area contributed by atoms with Crippen molar-refractivity contribution in [1.29, 1.82) is 0 Å². The molecule has 5 nitrogen and oxygen atoms in total. The van der Waals surface area contributed by atoms with Gasteiger partial charge in [0.2, 0.25) is 5.91 Å². The monoisotopic (exact) mass is 396 g/mol. The largest absolute Gasteiger partial charge is 0.339 e. The third-order valence-electron chi connectivity index (χ3n) is 3.51. The Kier molecular flexibility index (Phi) is 5.40. The number of carbonyl (C=O) groups is 1. The standard InChI is InChI=1S/C19H17BrN4O/c1-13-5-7-16(8-6-13)21-17-9-10-18(24-23-17)22-19(25)12-14-3-2-4-15(20)11-14/h2-11H,12H2,1H3,(H,21,23)(H,22,24,25). The maximum atomic E-state index is 12.1. The van der Waals surface area contributed by atoms with Crippen LogP contribution in [0.5, 0.6) is 0 Å². The van der Waals surface area contributed by atoms with Crippen LogP contribution in [0.25, 0.3) is 0 Å². The van der Waals surface area contributed by atoms with Crippen LogP contribution in [0.3, 0.4) is 0 Å². The van der Waals surface area contributed by atoms with Gasteiger partial charge < -0.3 is 10.6 Å². The van der Waals surface area contributed by atoms with E-state index >= 15 is 0 Å². The van der Waals surface area contributed by atoms with Crippen LogP contribution in [-0.4, -0.2) is 16.1 Å². The molecule has 1 amide bonds. The fraction of sp³-hybridized carbons (Fsp3) is 0.105. The molecule has 1 heterocycles. The molecule has 0 aliphatic heterocycles. The van der Waals surface area contributed by atoms with Gasteiger partial charge in [-0.25, -0.2) is 0 Å². The van der Waals surface area contributed by atoms with Gasteiger partial charge >= 0.3 is 0 Å². The lowest BCUT2D eigenvalue weighted by molar-refractivity contribution is -0.115. The number of halogens is 1. The summed E-state index contributed by atoms with van der Waals surface area (Å²) in [7, 11) is 0. The molecule has 2 aromatic carbocycles. The van der Waals surface area contributed by atoms with E-state index < -0.39 is 0 Å². The zero-order chi connectivity index (χ0) is 17.6. The number of benzene rings is 2. The molecule has 0 bridgehead atoms. The fourth-order valence-corrected chi connectivity index (χ4v) is 2.72. The second-order valence-corrected chi connectivity index (χ2v) is 6.57. The molecule has 0 aliphatic carbocycles. The average Bonchev–Trinajstić information content (AvgIpc) is 2.59. The molecule has 126 valence electrons. The summed E-state index contributed by atoms with van der Waals surface area (Å²) in [5, 5.41) is 14.0. The summed E-state index contributed by atoms with van der Waals surface area (Å²) in [5.41, 5.74) is 3.06. The fourth-order valence-electron chi connectivity index (χ4n) is 2.27. The van der Waals surface area contributed by atoms with Crippen molar-refractivity contribution >= 4 is 39.2 Å². The first-order chi connectivity index (χ1) is 12.1. The Morgan fingerprint density at radius 1 is 1.00 bits per heavy atom. The third-order valence-corrected chi connectivity index (χ3v) is 4.00. The van der Waals surface area contributed by atoms with Gasteiger partial charge in [-0.05, 0) is 48.9 Å². The minimum atomic E-state index is -0.133. The predicted octanol–water partition coefficient (Wildman–Crippen LogP) is 4.47. The highest BCUT2D eigenvalue weighted by atomic mass is 79.9. The molecule has 3 aromatic rings. The minimum Gasteiger partial charge on any atom is -0.339 e. The summed E-state index contributed by atoms with van der Waals surface area (Å²) in [6.07, 6.45) is 0.282. The van der Waals surface area contributed by atoms with Crippen molar-refractivity contribution in [2.45, 2.75) is 13.3 Å². The first-order valence-electron chi connectivity index (χ1n) is 7.80. The van der Waals surface area contributed by atoms with Gasteiger partial charge in [0.25, 0.3) is 0 Å². The number of amides is 1. The topological polar surface area (TPSA) is 66.9 Å². The van der Waals surface area contributed by atoms with E-state index in [1.54, 1.807) is 12.1 Å². The van der Waals surface area contributed by atoms with Gasteiger partial charge in [-0.3, -0.25) is 4.79 Å². The lowest BCUT2D eigenvalue weighted by atomic mass is 10.1. The normalized spacial score (nSPS) is 10.3. The van der Waals surface area contributed by atoms with Crippen molar-refractivity contribution in [2.24, 2.45) is 0 Å². The van der Waals surface area contributed by atoms with Gasteiger partial charge in [0.15, 0.2) is 11.6 Å². The van der Waals surface area contributed by atoms with E-state index in [1.165, 1.54) is 5.56 Å². The lowest BCUT2D eigenvalue weighted by Crippen LogP contribution is -2.15. The smallest absolute Gasteiger partial charge is 0.229 e. The number of hydrogen-bond donors (Lipinski definition) is 2. The summed E-state index contributed by atoms with van der Waals surface area (Å²) in [5.74, 6) is 0.912. The zero-order valence-electron chi connectivity index (χ0n) is 13.7.